The van der Waals surface area contributed by atoms with Crippen molar-refractivity contribution in [3.05, 3.63) is 29.5 Å². The molecule has 0 aliphatic rings. The number of aromatic amines is 1. The van der Waals surface area contributed by atoms with Crippen molar-refractivity contribution in [2.24, 2.45) is 0 Å². The lowest BCUT2D eigenvalue weighted by atomic mass is 9.98. The molecule has 2 heteroatoms. The zero-order valence-corrected chi connectivity index (χ0v) is 10.5. The smallest absolute Gasteiger partial charge is 0.0926 e. The molecule has 0 radical (unpaired) electrons. The van der Waals surface area contributed by atoms with Crippen molar-refractivity contribution >= 4 is 10.9 Å². The number of aromatic nitrogens is 2. The van der Waals surface area contributed by atoms with Gasteiger partial charge in [-0.3, -0.25) is 5.10 Å². The second kappa shape index (κ2) is 4.28. The highest BCUT2D eigenvalue weighted by Crippen LogP contribution is 2.27. The summed E-state index contributed by atoms with van der Waals surface area (Å²) in [7, 11) is 0. The number of H-pyrrole nitrogens is 1. The molecule has 16 heavy (non-hydrogen) atoms. The Balaban J connectivity index is 2.50. The highest BCUT2D eigenvalue weighted by molar-refractivity contribution is 5.82. The first kappa shape index (κ1) is 11.2. The zero-order valence-electron chi connectivity index (χ0n) is 10.5. The summed E-state index contributed by atoms with van der Waals surface area (Å²) in [6.45, 7) is 8.87. The van der Waals surface area contributed by atoms with Crippen LogP contribution in [0.3, 0.4) is 0 Å². The molecule has 1 atom stereocenters. The Hall–Kier alpha value is -1.31. The van der Waals surface area contributed by atoms with E-state index in [9.17, 15) is 0 Å². The maximum Gasteiger partial charge on any atom is 0.0926 e. The number of nitrogens with one attached hydrogen (secondary N) is 1. The molecule has 1 heterocycles. The summed E-state index contributed by atoms with van der Waals surface area (Å²) in [5, 5.41) is 8.86. The molecule has 1 N–H and O–H groups in total. The molecule has 1 aromatic carbocycles. The van der Waals surface area contributed by atoms with Crippen LogP contribution in [-0.2, 0) is 0 Å². The lowest BCUT2D eigenvalue weighted by molar-refractivity contribution is 0.708. The van der Waals surface area contributed by atoms with Crippen LogP contribution in [0.15, 0.2) is 18.2 Å². The monoisotopic (exact) mass is 216 g/mol. The largest absolute Gasteiger partial charge is 0.281 e. The minimum atomic E-state index is 0.551. The van der Waals surface area contributed by atoms with Gasteiger partial charge in [0.15, 0.2) is 0 Å². The fourth-order valence-electron chi connectivity index (χ4n) is 1.99. The quantitative estimate of drug-likeness (QED) is 0.818. The maximum atomic E-state index is 4.41. The highest BCUT2D eigenvalue weighted by Gasteiger charge is 2.11. The zero-order chi connectivity index (χ0) is 11.7. The summed E-state index contributed by atoms with van der Waals surface area (Å²) in [6, 6.07) is 6.62. The molecule has 0 bridgehead atoms. The van der Waals surface area contributed by atoms with E-state index in [0.717, 1.165) is 11.9 Å². The second-order valence-corrected chi connectivity index (χ2v) is 4.88. The summed E-state index contributed by atoms with van der Waals surface area (Å²) in [6.07, 6.45) is 1.14. The van der Waals surface area contributed by atoms with Crippen LogP contribution in [0.25, 0.3) is 10.9 Å². The Morgan fingerprint density at radius 3 is 2.62 bits per heavy atom. The van der Waals surface area contributed by atoms with E-state index in [1.165, 1.54) is 16.6 Å². The summed E-state index contributed by atoms with van der Waals surface area (Å²) < 4.78 is 0. The predicted molar refractivity (Wildman–Crippen MR) is 68.9 cm³/mol. The number of rotatable bonds is 3. The second-order valence-electron chi connectivity index (χ2n) is 4.88. The van der Waals surface area contributed by atoms with Crippen molar-refractivity contribution < 1.29 is 0 Å². The van der Waals surface area contributed by atoms with Gasteiger partial charge in [0.2, 0.25) is 0 Å². The number of hydrogen-bond acceptors (Lipinski definition) is 1. The Morgan fingerprint density at radius 2 is 2.00 bits per heavy atom. The van der Waals surface area contributed by atoms with E-state index in [2.05, 4.69) is 56.1 Å². The van der Waals surface area contributed by atoms with E-state index in [1.807, 2.05) is 0 Å². The minimum absolute atomic E-state index is 0.551. The molecule has 0 aliphatic carbocycles. The first-order valence-electron chi connectivity index (χ1n) is 6.11. The van der Waals surface area contributed by atoms with Crippen molar-refractivity contribution in [2.75, 3.05) is 0 Å². The topological polar surface area (TPSA) is 28.7 Å². The highest BCUT2D eigenvalue weighted by atomic mass is 15.1. The molecular weight excluding hydrogens is 196 g/mol. The Morgan fingerprint density at radius 1 is 1.25 bits per heavy atom. The molecule has 0 amide bonds. The molecule has 0 saturated carbocycles. The molecule has 0 saturated heterocycles. The average Bonchev–Trinajstić information content (AvgIpc) is 2.70. The Kier molecular flexibility index (Phi) is 2.99. The van der Waals surface area contributed by atoms with Crippen LogP contribution in [-0.4, -0.2) is 10.2 Å². The van der Waals surface area contributed by atoms with Crippen molar-refractivity contribution in [2.45, 2.75) is 46.0 Å². The van der Waals surface area contributed by atoms with Crippen molar-refractivity contribution in [1.29, 1.82) is 0 Å². The van der Waals surface area contributed by atoms with Gasteiger partial charge in [0.25, 0.3) is 0 Å². The van der Waals surface area contributed by atoms with Gasteiger partial charge in [-0.25, -0.2) is 0 Å². The van der Waals surface area contributed by atoms with Gasteiger partial charge in [-0.05, 0) is 29.9 Å². The van der Waals surface area contributed by atoms with E-state index >= 15 is 0 Å². The molecule has 86 valence electrons. The Bertz CT molecular complexity index is 482. The summed E-state index contributed by atoms with van der Waals surface area (Å²) in [4.78, 5) is 0. The number of benzene rings is 1. The van der Waals surface area contributed by atoms with Gasteiger partial charge in [0.1, 0.15) is 0 Å². The van der Waals surface area contributed by atoms with Crippen molar-refractivity contribution in [1.82, 2.24) is 10.2 Å². The van der Waals surface area contributed by atoms with Gasteiger partial charge in [0, 0.05) is 11.1 Å². The van der Waals surface area contributed by atoms with Crippen molar-refractivity contribution in [3.8, 4) is 0 Å². The van der Waals surface area contributed by atoms with E-state index in [1.54, 1.807) is 0 Å². The van der Waals surface area contributed by atoms with E-state index < -0.39 is 0 Å². The van der Waals surface area contributed by atoms with Crippen LogP contribution in [0.1, 0.15) is 57.2 Å². The van der Waals surface area contributed by atoms with Gasteiger partial charge < -0.3 is 0 Å². The summed E-state index contributed by atoms with van der Waals surface area (Å²) in [5.41, 5.74) is 3.73. The average molecular weight is 216 g/mol. The van der Waals surface area contributed by atoms with E-state index in [-0.39, 0.29) is 0 Å². The fourth-order valence-corrected chi connectivity index (χ4v) is 1.99. The van der Waals surface area contributed by atoms with Gasteiger partial charge >= 0.3 is 0 Å². The fraction of sp³-hybridized carbons (Fsp3) is 0.500. The number of fused-ring (bicyclic) bond motifs is 1. The lowest BCUT2D eigenvalue weighted by Crippen LogP contribution is -1.92. The van der Waals surface area contributed by atoms with Gasteiger partial charge in [0.05, 0.1) is 5.52 Å². The van der Waals surface area contributed by atoms with Crippen LogP contribution >= 0.6 is 0 Å². The normalized spacial score (nSPS) is 13.6. The first-order chi connectivity index (χ1) is 7.63. The van der Waals surface area contributed by atoms with Crippen LogP contribution < -0.4 is 0 Å². The third-order valence-corrected chi connectivity index (χ3v) is 3.38. The SMILES string of the molecule is CCC(C)c1[nH]nc2cc(C(C)C)ccc12. The molecule has 2 rings (SSSR count). The third-order valence-electron chi connectivity index (χ3n) is 3.38. The molecule has 1 unspecified atom stereocenters. The predicted octanol–water partition coefficient (Wildman–Crippen LogP) is 4.20. The van der Waals surface area contributed by atoms with E-state index in [4.69, 9.17) is 0 Å². The van der Waals surface area contributed by atoms with Crippen LogP contribution in [0.2, 0.25) is 0 Å². The third kappa shape index (κ3) is 1.84. The van der Waals surface area contributed by atoms with Crippen LogP contribution in [0.4, 0.5) is 0 Å². The molecular formula is C14H20N2. The van der Waals surface area contributed by atoms with Crippen LogP contribution in [0.5, 0.6) is 0 Å². The van der Waals surface area contributed by atoms with Gasteiger partial charge in [-0.2, -0.15) is 5.10 Å². The van der Waals surface area contributed by atoms with E-state index in [0.29, 0.717) is 11.8 Å². The number of nitrogens with zero attached hydrogens (tertiary/aromatic N) is 1. The lowest BCUT2D eigenvalue weighted by Gasteiger charge is -2.07. The number of hydrogen-bond donors (Lipinski definition) is 1. The summed E-state index contributed by atoms with van der Waals surface area (Å²) >= 11 is 0. The molecule has 1 aromatic heterocycles. The van der Waals surface area contributed by atoms with Gasteiger partial charge in [-0.15, -0.1) is 0 Å². The minimum Gasteiger partial charge on any atom is -0.281 e. The first-order valence-corrected chi connectivity index (χ1v) is 6.11. The van der Waals surface area contributed by atoms with Crippen molar-refractivity contribution in [3.63, 3.8) is 0 Å². The molecule has 0 aliphatic heterocycles. The molecule has 2 aromatic rings. The standard InChI is InChI=1S/C14H20N2/c1-5-10(4)14-12-7-6-11(9(2)3)8-13(12)15-16-14/h6-10H,5H2,1-4H3,(H,15,16). The molecule has 2 nitrogen and oxygen atoms in total. The van der Waals surface area contributed by atoms with Gasteiger partial charge in [-0.1, -0.05) is 39.8 Å². The summed E-state index contributed by atoms with van der Waals surface area (Å²) in [5.74, 6) is 1.11. The molecule has 0 fully saturated rings. The van der Waals surface area contributed by atoms with Crippen LogP contribution in [0, 0.1) is 0 Å². The maximum absolute atomic E-state index is 4.41. The Labute approximate surface area is 97.1 Å². The molecule has 0 spiro atoms.